The van der Waals surface area contributed by atoms with Gasteiger partial charge in [0, 0.05) is 4.47 Å². The van der Waals surface area contributed by atoms with Crippen LogP contribution in [0.2, 0.25) is 0 Å². The third kappa shape index (κ3) is 6.07. The van der Waals surface area contributed by atoms with Gasteiger partial charge in [-0.05, 0) is 88.2 Å². The lowest BCUT2D eigenvalue weighted by Crippen LogP contribution is -2.19. The fourth-order valence-electron chi connectivity index (χ4n) is 3.07. The predicted octanol–water partition coefficient (Wildman–Crippen LogP) is 7.00. The number of aryl methyl sites for hydroxylation is 1. The minimum absolute atomic E-state index is 0.184. The van der Waals surface area contributed by atoms with Crippen molar-refractivity contribution in [3.05, 3.63) is 91.2 Å². The molecule has 0 aromatic heterocycles. The van der Waals surface area contributed by atoms with Crippen LogP contribution >= 0.6 is 43.6 Å². The molecule has 3 aromatic rings. The Bertz CT molecular complexity index is 1240. The molecular weight excluding hydrogens is 568 g/mol. The van der Waals surface area contributed by atoms with Gasteiger partial charge in [0.1, 0.15) is 6.61 Å². The Morgan fingerprint density at radius 1 is 1.06 bits per heavy atom. The second-order valence-electron chi connectivity index (χ2n) is 7.27. The molecule has 1 amide bonds. The Kier molecular flexibility index (Phi) is 7.57. The van der Waals surface area contributed by atoms with E-state index in [9.17, 15) is 4.79 Å². The van der Waals surface area contributed by atoms with Crippen LogP contribution in [0.25, 0.3) is 6.08 Å². The lowest BCUT2D eigenvalue weighted by molar-refractivity contribution is -0.115. The fourth-order valence-corrected chi connectivity index (χ4v) is 4.75. The highest BCUT2D eigenvalue weighted by Gasteiger charge is 2.24. The number of hydrogen-bond acceptors (Lipinski definition) is 5. The van der Waals surface area contributed by atoms with E-state index in [2.05, 4.69) is 42.2 Å². The van der Waals surface area contributed by atoms with Crippen LogP contribution in [0, 0.1) is 6.92 Å². The van der Waals surface area contributed by atoms with Crippen molar-refractivity contribution < 1.29 is 14.3 Å². The summed E-state index contributed by atoms with van der Waals surface area (Å²) in [4.78, 5) is 17.5. The lowest BCUT2D eigenvalue weighted by Gasteiger charge is -2.14. The van der Waals surface area contributed by atoms with Gasteiger partial charge in [0.2, 0.25) is 0 Å². The van der Waals surface area contributed by atoms with Crippen LogP contribution in [-0.4, -0.2) is 18.2 Å². The molecule has 1 aliphatic rings. The number of benzene rings is 3. The van der Waals surface area contributed by atoms with Gasteiger partial charge < -0.3 is 14.8 Å². The number of nitrogens with zero attached hydrogens (tertiary/aromatic N) is 1. The SMILES string of the molecule is COc1cc(/C=C2\SC(=Nc3ccc(C)cc3)NC2=O)cc(Br)c1OCc1ccc(Br)cc1. The maximum absolute atomic E-state index is 12.5. The molecule has 0 unspecified atom stereocenters. The van der Waals surface area contributed by atoms with Crippen molar-refractivity contribution >= 4 is 66.5 Å². The maximum Gasteiger partial charge on any atom is 0.264 e. The molecular formula is C25H20Br2N2O3S. The predicted molar refractivity (Wildman–Crippen MR) is 141 cm³/mol. The molecule has 0 saturated carbocycles. The Hall–Kier alpha value is -2.55. The molecule has 0 atom stereocenters. The molecule has 0 spiro atoms. The Morgan fingerprint density at radius 3 is 2.48 bits per heavy atom. The molecule has 1 aliphatic heterocycles. The zero-order valence-electron chi connectivity index (χ0n) is 17.9. The Labute approximate surface area is 213 Å². The van der Waals surface area contributed by atoms with Crippen LogP contribution in [0.4, 0.5) is 5.69 Å². The number of ether oxygens (including phenoxy) is 2. The molecule has 1 saturated heterocycles. The van der Waals surface area contributed by atoms with Crippen LogP contribution in [-0.2, 0) is 11.4 Å². The van der Waals surface area contributed by atoms with Crippen LogP contribution in [0.3, 0.4) is 0 Å². The average molecular weight is 588 g/mol. The average Bonchev–Trinajstić information content (AvgIpc) is 3.13. The monoisotopic (exact) mass is 586 g/mol. The largest absolute Gasteiger partial charge is 0.493 e. The first-order valence-corrected chi connectivity index (χ1v) is 12.4. The van der Waals surface area contributed by atoms with E-state index in [-0.39, 0.29) is 5.91 Å². The summed E-state index contributed by atoms with van der Waals surface area (Å²) < 4.78 is 13.3. The quantitative estimate of drug-likeness (QED) is 0.315. The van der Waals surface area contributed by atoms with Crippen molar-refractivity contribution in [1.82, 2.24) is 5.32 Å². The van der Waals surface area contributed by atoms with Crippen LogP contribution in [0.5, 0.6) is 11.5 Å². The standard InChI is InChI=1S/C25H20Br2N2O3S/c1-15-3-9-19(10-4-15)28-25-29-24(30)22(33-25)13-17-11-20(27)23(21(12-17)31-2)32-14-16-5-7-18(26)8-6-16/h3-13H,14H2,1-2H3,(H,28,29,30)/b22-13-. The van der Waals surface area contributed by atoms with Gasteiger partial charge in [0.25, 0.3) is 5.91 Å². The molecule has 0 radical (unpaired) electrons. The van der Waals surface area contributed by atoms with Gasteiger partial charge in [-0.2, -0.15) is 0 Å². The molecule has 1 heterocycles. The normalized spacial score (nSPS) is 15.7. The van der Waals surface area contributed by atoms with Crippen molar-refractivity contribution in [2.24, 2.45) is 4.99 Å². The van der Waals surface area contributed by atoms with Crippen molar-refractivity contribution in [2.75, 3.05) is 7.11 Å². The molecule has 5 nitrogen and oxygen atoms in total. The highest BCUT2D eigenvalue weighted by Crippen LogP contribution is 2.39. The van der Waals surface area contributed by atoms with Crippen molar-refractivity contribution in [3.63, 3.8) is 0 Å². The zero-order valence-corrected chi connectivity index (χ0v) is 21.9. The number of thioether (sulfide) groups is 1. The molecule has 3 aromatic carbocycles. The van der Waals surface area contributed by atoms with Gasteiger partial charge in [-0.1, -0.05) is 45.8 Å². The number of nitrogens with one attached hydrogen (secondary N) is 1. The molecule has 4 rings (SSSR count). The third-order valence-corrected chi connectivity index (χ3v) is 6.79. The van der Waals surface area contributed by atoms with Gasteiger partial charge in [-0.25, -0.2) is 4.99 Å². The van der Waals surface area contributed by atoms with Gasteiger partial charge in [-0.15, -0.1) is 0 Å². The topological polar surface area (TPSA) is 59.9 Å². The van der Waals surface area contributed by atoms with Crippen molar-refractivity contribution in [2.45, 2.75) is 13.5 Å². The molecule has 0 aliphatic carbocycles. The van der Waals surface area contributed by atoms with Crippen LogP contribution in [0.15, 0.2) is 79.5 Å². The first-order valence-electron chi connectivity index (χ1n) is 10.0. The smallest absolute Gasteiger partial charge is 0.264 e. The minimum atomic E-state index is -0.184. The summed E-state index contributed by atoms with van der Waals surface area (Å²) >= 11 is 8.32. The number of amidine groups is 1. The molecule has 8 heteroatoms. The molecule has 0 bridgehead atoms. The van der Waals surface area contributed by atoms with Gasteiger partial charge in [0.15, 0.2) is 16.7 Å². The molecule has 1 fully saturated rings. The number of carbonyl (C=O) groups is 1. The number of carbonyl (C=O) groups excluding carboxylic acids is 1. The molecule has 33 heavy (non-hydrogen) atoms. The molecule has 168 valence electrons. The number of rotatable bonds is 6. The lowest BCUT2D eigenvalue weighted by atomic mass is 10.2. The zero-order chi connectivity index (χ0) is 23.4. The summed E-state index contributed by atoms with van der Waals surface area (Å²) in [7, 11) is 1.59. The van der Waals surface area contributed by atoms with E-state index in [4.69, 9.17) is 9.47 Å². The van der Waals surface area contributed by atoms with E-state index in [1.807, 2.05) is 73.7 Å². The Morgan fingerprint density at radius 2 is 1.79 bits per heavy atom. The van der Waals surface area contributed by atoms with E-state index in [0.717, 1.165) is 31.3 Å². The van der Waals surface area contributed by atoms with E-state index < -0.39 is 0 Å². The van der Waals surface area contributed by atoms with Crippen LogP contribution in [0.1, 0.15) is 16.7 Å². The van der Waals surface area contributed by atoms with Crippen molar-refractivity contribution in [3.8, 4) is 11.5 Å². The Balaban J connectivity index is 1.52. The highest BCUT2D eigenvalue weighted by molar-refractivity contribution is 9.10. The van der Waals surface area contributed by atoms with Gasteiger partial charge in [-0.3, -0.25) is 4.79 Å². The van der Waals surface area contributed by atoms with E-state index in [0.29, 0.717) is 28.2 Å². The second kappa shape index (κ2) is 10.6. The number of aliphatic imine (C=N–C) groups is 1. The van der Waals surface area contributed by atoms with Gasteiger partial charge >= 0.3 is 0 Å². The number of amides is 1. The number of halogens is 2. The fraction of sp³-hybridized carbons (Fsp3) is 0.120. The number of methoxy groups -OCH3 is 1. The van der Waals surface area contributed by atoms with E-state index in [1.54, 1.807) is 7.11 Å². The highest BCUT2D eigenvalue weighted by atomic mass is 79.9. The summed E-state index contributed by atoms with van der Waals surface area (Å²) in [6, 6.07) is 19.5. The molecule has 1 N–H and O–H groups in total. The van der Waals surface area contributed by atoms with Gasteiger partial charge in [0.05, 0.1) is 22.2 Å². The second-order valence-corrected chi connectivity index (χ2v) is 10.1. The van der Waals surface area contributed by atoms with E-state index in [1.165, 1.54) is 11.8 Å². The summed E-state index contributed by atoms with van der Waals surface area (Å²) in [5.41, 5.74) is 3.80. The van der Waals surface area contributed by atoms with Crippen molar-refractivity contribution in [1.29, 1.82) is 0 Å². The minimum Gasteiger partial charge on any atom is -0.493 e. The summed E-state index contributed by atoms with van der Waals surface area (Å²) in [5.74, 6) is 0.995. The summed E-state index contributed by atoms with van der Waals surface area (Å²) in [6.45, 7) is 2.42. The number of hydrogen-bond donors (Lipinski definition) is 1. The summed E-state index contributed by atoms with van der Waals surface area (Å²) in [5, 5.41) is 3.37. The first kappa shape index (κ1) is 23.6. The maximum atomic E-state index is 12.5. The van der Waals surface area contributed by atoms with Crippen LogP contribution < -0.4 is 14.8 Å². The first-order chi connectivity index (χ1) is 15.9. The summed E-state index contributed by atoms with van der Waals surface area (Å²) in [6.07, 6.45) is 1.81. The van der Waals surface area contributed by atoms with E-state index >= 15 is 0 Å². The third-order valence-electron chi connectivity index (χ3n) is 4.76.